The molecule has 4 aliphatic rings. The number of carbonyl (C=O) groups is 3. The molecule has 6 rings (SSSR count). The maximum absolute atomic E-state index is 13.3. The van der Waals surface area contributed by atoms with E-state index in [-0.39, 0.29) is 29.9 Å². The Hall–Kier alpha value is -2.89. The molecule has 3 N–H and O–H groups in total. The van der Waals surface area contributed by atoms with Crippen LogP contribution in [-0.4, -0.2) is 36.0 Å². The van der Waals surface area contributed by atoms with E-state index in [0.717, 1.165) is 28.5 Å². The number of benzene rings is 2. The summed E-state index contributed by atoms with van der Waals surface area (Å²) in [5.74, 6) is 0.822. The van der Waals surface area contributed by atoms with Gasteiger partial charge in [-0.15, -0.1) is 0 Å². The first-order valence-corrected chi connectivity index (χ1v) is 11.7. The van der Waals surface area contributed by atoms with Gasteiger partial charge in [0.15, 0.2) is 0 Å². The van der Waals surface area contributed by atoms with Gasteiger partial charge in [0.1, 0.15) is 0 Å². The van der Waals surface area contributed by atoms with E-state index in [2.05, 4.69) is 10.6 Å². The van der Waals surface area contributed by atoms with Gasteiger partial charge in [-0.3, -0.25) is 14.4 Å². The van der Waals surface area contributed by atoms with Crippen LogP contribution in [0.2, 0.25) is 0 Å². The summed E-state index contributed by atoms with van der Waals surface area (Å²) in [5.41, 5.74) is 0.851. The molecule has 0 saturated heterocycles. The van der Waals surface area contributed by atoms with Crippen LogP contribution in [-0.2, 0) is 4.79 Å². The van der Waals surface area contributed by atoms with Crippen molar-refractivity contribution in [2.24, 2.45) is 23.2 Å². The molecule has 0 aromatic heterocycles. The highest BCUT2D eigenvalue weighted by Crippen LogP contribution is 2.59. The molecule has 6 heteroatoms. The summed E-state index contributed by atoms with van der Waals surface area (Å²) in [6.45, 7) is 0.692. The van der Waals surface area contributed by atoms with Gasteiger partial charge in [-0.25, -0.2) is 0 Å². The summed E-state index contributed by atoms with van der Waals surface area (Å²) in [6.07, 6.45) is 7.54. The fourth-order valence-corrected chi connectivity index (χ4v) is 6.86. The second-order valence-corrected chi connectivity index (χ2v) is 10.2. The SMILES string of the molecule is O=C(O)CCNC(=O)c1cc2ccccc2cc1C(=O)NCC12CC3CC(CC(C3)C1)C2. The smallest absolute Gasteiger partial charge is 0.305 e. The molecule has 168 valence electrons. The van der Waals surface area contributed by atoms with Crippen molar-refractivity contribution in [1.29, 1.82) is 0 Å². The largest absolute Gasteiger partial charge is 0.481 e. The van der Waals surface area contributed by atoms with Gasteiger partial charge in [-0.05, 0) is 84.6 Å². The summed E-state index contributed by atoms with van der Waals surface area (Å²) < 4.78 is 0. The highest BCUT2D eigenvalue weighted by atomic mass is 16.4. The topological polar surface area (TPSA) is 95.5 Å². The highest BCUT2D eigenvalue weighted by molar-refractivity contribution is 6.10. The van der Waals surface area contributed by atoms with Crippen molar-refractivity contribution in [3.63, 3.8) is 0 Å². The maximum Gasteiger partial charge on any atom is 0.305 e. The van der Waals surface area contributed by atoms with Gasteiger partial charge in [-0.1, -0.05) is 24.3 Å². The number of nitrogens with one attached hydrogen (secondary N) is 2. The molecule has 0 heterocycles. The number of carboxylic acid groups (broad SMARTS) is 1. The summed E-state index contributed by atoms with van der Waals surface area (Å²) in [7, 11) is 0. The summed E-state index contributed by atoms with van der Waals surface area (Å²) in [5, 5.41) is 16.4. The molecule has 4 bridgehead atoms. The summed E-state index contributed by atoms with van der Waals surface area (Å²) in [6, 6.07) is 11.1. The minimum absolute atomic E-state index is 0.0231. The number of aliphatic carboxylic acids is 1. The Labute approximate surface area is 187 Å². The lowest BCUT2D eigenvalue weighted by Crippen LogP contribution is -2.51. The van der Waals surface area contributed by atoms with Gasteiger partial charge >= 0.3 is 5.97 Å². The second-order valence-electron chi connectivity index (χ2n) is 10.2. The van der Waals surface area contributed by atoms with Crippen LogP contribution in [0.4, 0.5) is 0 Å². The number of carbonyl (C=O) groups excluding carboxylic acids is 2. The molecule has 0 radical (unpaired) electrons. The normalized spacial score (nSPS) is 27.9. The molecule has 4 fully saturated rings. The van der Waals surface area contributed by atoms with E-state index in [4.69, 9.17) is 5.11 Å². The first-order valence-electron chi connectivity index (χ1n) is 11.7. The molecular formula is C26H30N2O4. The molecule has 0 spiro atoms. The van der Waals surface area contributed by atoms with E-state index in [1.807, 2.05) is 24.3 Å². The molecule has 0 aliphatic heterocycles. The van der Waals surface area contributed by atoms with Crippen LogP contribution < -0.4 is 10.6 Å². The third-order valence-corrected chi connectivity index (χ3v) is 7.79. The van der Waals surface area contributed by atoms with Gasteiger partial charge in [-0.2, -0.15) is 0 Å². The number of hydrogen-bond acceptors (Lipinski definition) is 3. The molecule has 4 aliphatic carbocycles. The molecule has 32 heavy (non-hydrogen) atoms. The zero-order valence-corrected chi connectivity index (χ0v) is 18.2. The highest BCUT2D eigenvalue weighted by Gasteiger charge is 2.50. The molecule has 2 amide bonds. The molecule has 4 saturated carbocycles. The van der Waals surface area contributed by atoms with E-state index < -0.39 is 11.9 Å². The van der Waals surface area contributed by atoms with Gasteiger partial charge in [0.2, 0.25) is 0 Å². The molecular weight excluding hydrogens is 404 g/mol. The lowest BCUT2D eigenvalue weighted by molar-refractivity contribution is -0.136. The van der Waals surface area contributed by atoms with E-state index in [1.54, 1.807) is 12.1 Å². The first kappa shape index (κ1) is 21.0. The Balaban J connectivity index is 1.36. The lowest BCUT2D eigenvalue weighted by Gasteiger charge is -2.56. The zero-order valence-electron chi connectivity index (χ0n) is 18.2. The average Bonchev–Trinajstić information content (AvgIpc) is 2.75. The molecule has 2 aromatic rings. The van der Waals surface area contributed by atoms with Crippen molar-refractivity contribution in [1.82, 2.24) is 10.6 Å². The fourth-order valence-electron chi connectivity index (χ4n) is 6.86. The molecule has 0 atom stereocenters. The lowest BCUT2D eigenvalue weighted by atomic mass is 9.49. The van der Waals surface area contributed by atoms with Crippen LogP contribution in [0.25, 0.3) is 10.8 Å². The summed E-state index contributed by atoms with van der Waals surface area (Å²) in [4.78, 5) is 36.9. The second kappa shape index (κ2) is 8.23. The van der Waals surface area contributed by atoms with Crippen molar-refractivity contribution in [3.05, 3.63) is 47.5 Å². The number of fused-ring (bicyclic) bond motifs is 1. The zero-order chi connectivity index (χ0) is 22.3. The minimum atomic E-state index is -0.975. The first-order chi connectivity index (χ1) is 15.4. The van der Waals surface area contributed by atoms with Crippen molar-refractivity contribution < 1.29 is 19.5 Å². The quantitative estimate of drug-likeness (QED) is 0.614. The van der Waals surface area contributed by atoms with Crippen molar-refractivity contribution in [2.75, 3.05) is 13.1 Å². The number of amides is 2. The van der Waals surface area contributed by atoms with Crippen LogP contribution in [0.1, 0.15) is 65.7 Å². The van der Waals surface area contributed by atoms with Gasteiger partial charge in [0, 0.05) is 13.1 Å². The number of carboxylic acids is 1. The van der Waals surface area contributed by atoms with Crippen LogP contribution >= 0.6 is 0 Å². The van der Waals surface area contributed by atoms with Crippen molar-refractivity contribution >= 4 is 28.6 Å². The van der Waals surface area contributed by atoms with Crippen LogP contribution in [0.5, 0.6) is 0 Å². The molecule has 2 aromatic carbocycles. The van der Waals surface area contributed by atoms with Crippen molar-refractivity contribution in [2.45, 2.75) is 44.9 Å². The van der Waals surface area contributed by atoms with Crippen LogP contribution in [0, 0.1) is 23.2 Å². The van der Waals surface area contributed by atoms with Crippen molar-refractivity contribution in [3.8, 4) is 0 Å². The molecule has 0 unspecified atom stereocenters. The minimum Gasteiger partial charge on any atom is -0.481 e. The third kappa shape index (κ3) is 4.10. The maximum atomic E-state index is 13.3. The Morgan fingerprint density at radius 3 is 1.84 bits per heavy atom. The van der Waals surface area contributed by atoms with E-state index in [0.29, 0.717) is 12.1 Å². The monoisotopic (exact) mass is 434 g/mol. The molecule has 6 nitrogen and oxygen atoms in total. The third-order valence-electron chi connectivity index (χ3n) is 7.79. The number of rotatable bonds is 7. The predicted molar refractivity (Wildman–Crippen MR) is 121 cm³/mol. The Bertz CT molecular complexity index is 1040. The Kier molecular flexibility index (Phi) is 5.39. The van der Waals surface area contributed by atoms with E-state index >= 15 is 0 Å². The van der Waals surface area contributed by atoms with Gasteiger partial charge in [0.05, 0.1) is 17.5 Å². The average molecular weight is 435 g/mol. The standard InChI is InChI=1S/C26H30N2O4/c29-23(30)5-6-27-24(31)21-10-19-3-1-2-4-20(19)11-22(21)25(32)28-15-26-12-16-7-17(13-26)9-18(8-16)14-26/h1-4,10-11,16-18H,5-9,12-15H2,(H,27,31)(H,28,32)(H,29,30). The van der Waals surface area contributed by atoms with E-state index in [9.17, 15) is 14.4 Å². The summed E-state index contributed by atoms with van der Waals surface area (Å²) >= 11 is 0. The van der Waals surface area contributed by atoms with E-state index in [1.165, 1.54) is 38.5 Å². The van der Waals surface area contributed by atoms with Crippen LogP contribution in [0.3, 0.4) is 0 Å². The van der Waals surface area contributed by atoms with Crippen LogP contribution in [0.15, 0.2) is 36.4 Å². The van der Waals surface area contributed by atoms with Gasteiger partial charge < -0.3 is 15.7 Å². The Morgan fingerprint density at radius 2 is 1.34 bits per heavy atom. The Morgan fingerprint density at radius 1 is 0.844 bits per heavy atom. The van der Waals surface area contributed by atoms with Gasteiger partial charge in [0.25, 0.3) is 11.8 Å². The number of hydrogen-bond donors (Lipinski definition) is 3. The fraction of sp³-hybridized carbons (Fsp3) is 0.500. The predicted octanol–water partition coefficient (Wildman–Crippen LogP) is 3.99.